The molecule has 1 amide bonds. The van der Waals surface area contributed by atoms with Crippen LogP contribution in [0.3, 0.4) is 0 Å². The van der Waals surface area contributed by atoms with Crippen molar-refractivity contribution in [3.63, 3.8) is 0 Å². The fourth-order valence-corrected chi connectivity index (χ4v) is 3.30. The van der Waals surface area contributed by atoms with Gasteiger partial charge < -0.3 is 5.32 Å². The molecule has 1 aliphatic carbocycles. The van der Waals surface area contributed by atoms with Gasteiger partial charge in [0.05, 0.1) is 12.1 Å². The number of ketones is 1. The lowest BCUT2D eigenvalue weighted by molar-refractivity contribution is -0.131. The molecule has 0 unspecified atom stereocenters. The summed E-state index contributed by atoms with van der Waals surface area (Å²) in [6.45, 7) is -0.587. The van der Waals surface area contributed by atoms with Crippen LogP contribution in [0.2, 0.25) is 0 Å². The second-order valence-electron chi connectivity index (χ2n) is 6.76. The first-order valence-electron chi connectivity index (χ1n) is 8.66. The van der Waals surface area contributed by atoms with Crippen LogP contribution in [-0.2, 0) is 16.6 Å². The normalized spacial score (nSPS) is 15.2. The third-order valence-electron chi connectivity index (χ3n) is 4.96. The molecule has 0 saturated heterocycles. The Morgan fingerprint density at radius 3 is 2.36 bits per heavy atom. The quantitative estimate of drug-likeness (QED) is 0.578. The predicted octanol–water partition coefficient (Wildman–Crippen LogP) is 2.98. The number of benzene rings is 1. The van der Waals surface area contributed by atoms with Gasteiger partial charge in [-0.25, -0.2) is 18.7 Å². The van der Waals surface area contributed by atoms with Gasteiger partial charge in [-0.2, -0.15) is 8.78 Å². The van der Waals surface area contributed by atoms with E-state index in [1.165, 1.54) is 24.5 Å². The zero-order valence-corrected chi connectivity index (χ0v) is 14.7. The SMILES string of the molecule is O=C(CNC(=O)C(F)F)c1cnc(CC2(c3ccc(F)cc3F)CCC2)nc1. The summed E-state index contributed by atoms with van der Waals surface area (Å²) in [6, 6.07) is 3.51. The van der Waals surface area contributed by atoms with Crippen molar-refractivity contribution in [3.8, 4) is 0 Å². The molecule has 0 aliphatic heterocycles. The highest BCUT2D eigenvalue weighted by Crippen LogP contribution is 2.46. The fraction of sp³-hybridized carbons (Fsp3) is 0.368. The zero-order chi connectivity index (χ0) is 20.3. The van der Waals surface area contributed by atoms with Crippen molar-refractivity contribution in [2.24, 2.45) is 0 Å². The van der Waals surface area contributed by atoms with E-state index in [4.69, 9.17) is 0 Å². The summed E-state index contributed by atoms with van der Waals surface area (Å²) in [4.78, 5) is 30.9. The lowest BCUT2D eigenvalue weighted by Gasteiger charge is -2.42. The summed E-state index contributed by atoms with van der Waals surface area (Å²) < 4.78 is 51.7. The number of nitrogens with one attached hydrogen (secondary N) is 1. The molecular formula is C19H17F4N3O2. The first-order chi connectivity index (χ1) is 13.3. The molecule has 28 heavy (non-hydrogen) atoms. The van der Waals surface area contributed by atoms with Gasteiger partial charge in [-0.3, -0.25) is 9.59 Å². The number of amides is 1. The summed E-state index contributed by atoms with van der Waals surface area (Å²) in [5.41, 5.74) is -0.0401. The molecular weight excluding hydrogens is 378 g/mol. The van der Waals surface area contributed by atoms with E-state index in [-0.39, 0.29) is 5.56 Å². The van der Waals surface area contributed by atoms with Gasteiger partial charge in [-0.15, -0.1) is 0 Å². The van der Waals surface area contributed by atoms with Crippen molar-refractivity contribution in [3.05, 3.63) is 59.2 Å². The summed E-state index contributed by atoms with van der Waals surface area (Å²) in [5, 5.41) is 1.82. The Labute approximate surface area is 158 Å². The largest absolute Gasteiger partial charge is 0.344 e. The van der Waals surface area contributed by atoms with Crippen molar-refractivity contribution < 1.29 is 27.2 Å². The minimum Gasteiger partial charge on any atom is -0.344 e. The molecule has 0 radical (unpaired) electrons. The average Bonchev–Trinajstić information content (AvgIpc) is 2.63. The molecule has 1 aliphatic rings. The number of hydrogen-bond donors (Lipinski definition) is 1. The van der Waals surface area contributed by atoms with Gasteiger partial charge in [0.2, 0.25) is 0 Å². The van der Waals surface area contributed by atoms with Crippen LogP contribution in [0.4, 0.5) is 17.6 Å². The number of alkyl halides is 2. The second-order valence-corrected chi connectivity index (χ2v) is 6.76. The van der Waals surface area contributed by atoms with E-state index in [0.717, 1.165) is 12.5 Å². The van der Waals surface area contributed by atoms with Gasteiger partial charge in [0.1, 0.15) is 17.5 Å². The summed E-state index contributed by atoms with van der Waals surface area (Å²) in [7, 11) is 0. The van der Waals surface area contributed by atoms with Gasteiger partial charge in [-0.1, -0.05) is 12.5 Å². The maximum atomic E-state index is 14.2. The van der Waals surface area contributed by atoms with Crippen molar-refractivity contribution in [2.45, 2.75) is 37.5 Å². The van der Waals surface area contributed by atoms with E-state index in [2.05, 4.69) is 9.97 Å². The minimum atomic E-state index is -3.20. The molecule has 1 saturated carbocycles. The smallest absolute Gasteiger partial charge is 0.315 e. The lowest BCUT2D eigenvalue weighted by Crippen LogP contribution is -2.38. The number of aromatic nitrogens is 2. The lowest BCUT2D eigenvalue weighted by atomic mass is 9.62. The maximum absolute atomic E-state index is 14.2. The van der Waals surface area contributed by atoms with Crippen molar-refractivity contribution in [1.82, 2.24) is 15.3 Å². The molecule has 0 spiro atoms. The van der Waals surface area contributed by atoms with E-state index in [9.17, 15) is 27.2 Å². The van der Waals surface area contributed by atoms with Crippen LogP contribution < -0.4 is 5.32 Å². The highest BCUT2D eigenvalue weighted by molar-refractivity contribution is 5.99. The highest BCUT2D eigenvalue weighted by atomic mass is 19.3. The van der Waals surface area contributed by atoms with Crippen molar-refractivity contribution in [2.75, 3.05) is 6.54 Å². The third-order valence-corrected chi connectivity index (χ3v) is 4.96. The number of halogens is 4. The average molecular weight is 395 g/mol. The summed E-state index contributed by atoms with van der Waals surface area (Å²) in [5.74, 6) is -3.01. The van der Waals surface area contributed by atoms with E-state index < -0.39 is 41.7 Å². The Balaban J connectivity index is 1.69. The fourth-order valence-electron chi connectivity index (χ4n) is 3.30. The predicted molar refractivity (Wildman–Crippen MR) is 91.0 cm³/mol. The summed E-state index contributed by atoms with van der Waals surface area (Å²) in [6.07, 6.45) is 1.93. The van der Waals surface area contributed by atoms with Crippen LogP contribution in [0.15, 0.2) is 30.6 Å². The number of carbonyl (C=O) groups excluding carboxylic acids is 2. The van der Waals surface area contributed by atoms with Gasteiger partial charge in [0.25, 0.3) is 5.91 Å². The standard InChI is InChI=1S/C19H17F4N3O2/c20-12-2-3-13(14(21)6-12)19(4-1-5-19)7-16-24-8-11(9-25-16)15(27)10-26-18(28)17(22)23/h2-3,6,8-9,17H,1,4-5,7,10H2,(H,26,28). The summed E-state index contributed by atoms with van der Waals surface area (Å²) >= 11 is 0. The number of nitrogens with zero attached hydrogens (tertiary/aromatic N) is 2. The van der Waals surface area contributed by atoms with Gasteiger partial charge >= 0.3 is 6.43 Å². The molecule has 148 valence electrons. The van der Waals surface area contributed by atoms with Crippen LogP contribution in [0.5, 0.6) is 0 Å². The molecule has 0 bridgehead atoms. The van der Waals surface area contributed by atoms with E-state index in [1.807, 2.05) is 5.32 Å². The molecule has 1 fully saturated rings. The minimum absolute atomic E-state index is 0.0638. The second kappa shape index (κ2) is 8.04. The first-order valence-corrected chi connectivity index (χ1v) is 8.66. The van der Waals surface area contributed by atoms with Gasteiger partial charge in [0, 0.05) is 30.3 Å². The topological polar surface area (TPSA) is 72.0 Å². The number of hydrogen-bond acceptors (Lipinski definition) is 4. The Hall–Kier alpha value is -2.84. The van der Waals surface area contributed by atoms with E-state index >= 15 is 0 Å². The Kier molecular flexibility index (Phi) is 5.71. The van der Waals surface area contributed by atoms with Crippen LogP contribution in [-0.4, -0.2) is 34.6 Å². The molecule has 1 N–H and O–H groups in total. The van der Waals surface area contributed by atoms with Crippen LogP contribution in [0.1, 0.15) is 41.0 Å². The van der Waals surface area contributed by atoms with E-state index in [0.29, 0.717) is 30.7 Å². The molecule has 3 rings (SSSR count). The monoisotopic (exact) mass is 395 g/mol. The van der Waals surface area contributed by atoms with Crippen molar-refractivity contribution >= 4 is 11.7 Å². The molecule has 1 aromatic carbocycles. The molecule has 2 aromatic rings. The maximum Gasteiger partial charge on any atom is 0.315 e. The van der Waals surface area contributed by atoms with E-state index in [1.54, 1.807) is 0 Å². The third kappa shape index (κ3) is 4.18. The van der Waals surface area contributed by atoms with Crippen LogP contribution in [0.25, 0.3) is 0 Å². The molecule has 9 heteroatoms. The first kappa shape index (κ1) is 19.9. The Bertz CT molecular complexity index is 883. The Morgan fingerprint density at radius 1 is 1.14 bits per heavy atom. The molecule has 0 atom stereocenters. The van der Waals surface area contributed by atoms with Crippen LogP contribution in [0, 0.1) is 11.6 Å². The number of Topliss-reactive ketones (excluding diaryl/α,β-unsaturated/α-hetero) is 1. The van der Waals surface area contributed by atoms with Gasteiger partial charge in [-0.05, 0) is 24.5 Å². The number of rotatable bonds is 7. The van der Waals surface area contributed by atoms with Gasteiger partial charge in [0.15, 0.2) is 5.78 Å². The molecule has 1 aromatic heterocycles. The number of carbonyl (C=O) groups is 2. The zero-order valence-electron chi connectivity index (χ0n) is 14.7. The van der Waals surface area contributed by atoms with Crippen LogP contribution >= 0.6 is 0 Å². The van der Waals surface area contributed by atoms with Crippen molar-refractivity contribution in [1.29, 1.82) is 0 Å². The molecule has 1 heterocycles. The highest BCUT2D eigenvalue weighted by Gasteiger charge is 2.41. The molecule has 5 nitrogen and oxygen atoms in total. The Morgan fingerprint density at radius 2 is 1.82 bits per heavy atom.